The molecule has 0 aliphatic carbocycles. The fraction of sp³-hybridized carbons (Fsp3) is 0.500. The first-order valence-electron chi connectivity index (χ1n) is 12.2. The maximum absolute atomic E-state index is 13.2. The zero-order valence-electron chi connectivity index (χ0n) is 21.3. The summed E-state index contributed by atoms with van der Waals surface area (Å²) in [6, 6.07) is 12.6. The third kappa shape index (κ3) is 6.00. The van der Waals surface area contributed by atoms with Crippen LogP contribution in [0.2, 0.25) is 0 Å². The van der Waals surface area contributed by atoms with Gasteiger partial charge in [-0.1, -0.05) is 23.8 Å². The lowest BCUT2D eigenvalue weighted by molar-refractivity contribution is 0.0340. The number of nitrogens with one attached hydrogen (secondary N) is 1. The molecular weight excluding hydrogens is 482 g/mol. The summed E-state index contributed by atoms with van der Waals surface area (Å²) in [6.45, 7) is 5.78. The average molecular weight is 518 g/mol. The lowest BCUT2D eigenvalue weighted by atomic mass is 10.0. The topological polar surface area (TPSA) is 97.4 Å². The lowest BCUT2D eigenvalue weighted by Crippen LogP contribution is -2.43. The summed E-state index contributed by atoms with van der Waals surface area (Å²) >= 11 is 0. The van der Waals surface area contributed by atoms with Gasteiger partial charge in [0.25, 0.3) is 5.91 Å². The molecule has 0 bridgehead atoms. The fourth-order valence-corrected chi connectivity index (χ4v) is 5.83. The van der Waals surface area contributed by atoms with E-state index in [-0.39, 0.29) is 24.2 Å². The van der Waals surface area contributed by atoms with Crippen molar-refractivity contribution in [3.63, 3.8) is 0 Å². The number of hydrogen-bond acceptors (Lipinski definition) is 6. The molecular formula is C26H35N3O6S. The summed E-state index contributed by atoms with van der Waals surface area (Å²) in [5.74, 6) is 0.444. The van der Waals surface area contributed by atoms with E-state index < -0.39 is 10.2 Å². The van der Waals surface area contributed by atoms with E-state index in [2.05, 4.69) is 4.72 Å². The molecule has 0 aromatic heterocycles. The molecule has 0 spiro atoms. The van der Waals surface area contributed by atoms with Gasteiger partial charge in [-0.25, -0.2) is 0 Å². The van der Waals surface area contributed by atoms with Gasteiger partial charge in [0.2, 0.25) is 0 Å². The predicted octanol–water partition coefficient (Wildman–Crippen LogP) is 2.99. The van der Waals surface area contributed by atoms with Gasteiger partial charge in [0.05, 0.1) is 18.8 Å². The van der Waals surface area contributed by atoms with E-state index in [1.807, 2.05) is 32.0 Å². The molecule has 0 radical (unpaired) electrons. The Morgan fingerprint density at radius 2 is 1.81 bits per heavy atom. The van der Waals surface area contributed by atoms with E-state index in [1.54, 1.807) is 43.3 Å². The Labute approximate surface area is 213 Å². The van der Waals surface area contributed by atoms with Gasteiger partial charge in [-0.2, -0.15) is 12.7 Å². The molecule has 1 N–H and O–H groups in total. The van der Waals surface area contributed by atoms with Crippen LogP contribution >= 0.6 is 0 Å². The smallest absolute Gasteiger partial charge is 0.301 e. The highest BCUT2D eigenvalue weighted by Gasteiger charge is 2.38. The van der Waals surface area contributed by atoms with E-state index in [0.29, 0.717) is 56.1 Å². The first-order chi connectivity index (χ1) is 17.2. The van der Waals surface area contributed by atoms with Gasteiger partial charge in [-0.15, -0.1) is 0 Å². The van der Waals surface area contributed by atoms with Crippen molar-refractivity contribution in [2.24, 2.45) is 0 Å². The Morgan fingerprint density at radius 3 is 2.53 bits per heavy atom. The third-order valence-electron chi connectivity index (χ3n) is 6.88. The molecule has 2 fully saturated rings. The van der Waals surface area contributed by atoms with Crippen molar-refractivity contribution in [1.29, 1.82) is 0 Å². The van der Waals surface area contributed by atoms with Crippen LogP contribution in [0.4, 0.5) is 5.69 Å². The Bertz CT molecular complexity index is 1180. The molecule has 4 rings (SSSR count). The molecule has 2 unspecified atom stereocenters. The van der Waals surface area contributed by atoms with Crippen molar-refractivity contribution < 1.29 is 27.4 Å². The van der Waals surface area contributed by atoms with Crippen LogP contribution in [0.15, 0.2) is 42.5 Å². The number of carbonyl (C=O) groups is 1. The highest BCUT2D eigenvalue weighted by atomic mass is 32.2. The molecule has 2 aliphatic rings. The number of hydrogen-bond donors (Lipinski definition) is 1. The van der Waals surface area contributed by atoms with E-state index in [4.69, 9.17) is 14.2 Å². The van der Waals surface area contributed by atoms with Crippen molar-refractivity contribution in [3.05, 3.63) is 59.2 Å². The number of aryl methyl sites for hydroxylation is 2. The maximum Gasteiger partial charge on any atom is 0.301 e. The van der Waals surface area contributed by atoms with Crippen molar-refractivity contribution in [1.82, 2.24) is 9.21 Å². The molecule has 2 aromatic rings. The maximum atomic E-state index is 13.2. The standard InChI is InChI=1S/C26H35N3O6S/c1-18-8-9-19(2)23(14-18)26(30)29-16-24(33-4)25(17-29)35-22-7-5-6-20(15-22)27-36(31,32)28(3)21-10-12-34-13-11-21/h5-9,14-15,21,24-25,27H,10-13,16-17H2,1-4H3. The van der Waals surface area contributed by atoms with Gasteiger partial charge in [-0.3, -0.25) is 9.52 Å². The van der Waals surface area contributed by atoms with Crippen molar-refractivity contribution in [2.75, 3.05) is 45.2 Å². The van der Waals surface area contributed by atoms with Crippen LogP contribution in [0.1, 0.15) is 34.3 Å². The van der Waals surface area contributed by atoms with Crippen LogP contribution in [0.5, 0.6) is 5.75 Å². The number of benzene rings is 2. The van der Waals surface area contributed by atoms with Gasteiger partial charge in [0, 0.05) is 45.0 Å². The van der Waals surface area contributed by atoms with Crippen LogP contribution in [0.25, 0.3) is 0 Å². The minimum absolute atomic E-state index is 0.0537. The largest absolute Gasteiger partial charge is 0.486 e. The monoisotopic (exact) mass is 517 g/mol. The van der Waals surface area contributed by atoms with Gasteiger partial charge >= 0.3 is 10.2 Å². The summed E-state index contributed by atoms with van der Waals surface area (Å²) in [5.41, 5.74) is 3.04. The molecule has 2 aliphatic heterocycles. The molecule has 196 valence electrons. The first kappa shape index (κ1) is 26.4. The summed E-state index contributed by atoms with van der Waals surface area (Å²) in [5, 5.41) is 0. The second-order valence-electron chi connectivity index (χ2n) is 9.45. The second kappa shape index (κ2) is 11.2. The molecule has 2 aromatic carbocycles. The van der Waals surface area contributed by atoms with Crippen molar-refractivity contribution in [3.8, 4) is 5.75 Å². The summed E-state index contributed by atoms with van der Waals surface area (Å²) in [4.78, 5) is 15.0. The molecule has 2 heterocycles. The molecule has 0 saturated carbocycles. The van der Waals surface area contributed by atoms with Crippen LogP contribution in [-0.4, -0.2) is 82.2 Å². The minimum Gasteiger partial charge on any atom is -0.486 e. The summed E-state index contributed by atoms with van der Waals surface area (Å²) in [7, 11) is -0.550. The SMILES string of the molecule is COC1CN(C(=O)c2cc(C)ccc2C)CC1Oc1cccc(NS(=O)(=O)N(C)C2CCOCC2)c1. The number of ether oxygens (including phenoxy) is 3. The van der Waals surface area contributed by atoms with Crippen LogP contribution in [0, 0.1) is 13.8 Å². The van der Waals surface area contributed by atoms with Gasteiger partial charge < -0.3 is 19.1 Å². The normalized spacial score (nSPS) is 21.1. The lowest BCUT2D eigenvalue weighted by Gasteiger charge is -2.30. The Hall–Kier alpha value is -2.66. The number of anilines is 1. The molecule has 10 heteroatoms. The van der Waals surface area contributed by atoms with Crippen LogP contribution in [-0.2, 0) is 19.7 Å². The Kier molecular flexibility index (Phi) is 8.19. The number of likely N-dealkylation sites (tertiary alicyclic amines) is 1. The fourth-order valence-electron chi connectivity index (χ4n) is 4.66. The quantitative estimate of drug-likeness (QED) is 0.578. The zero-order valence-corrected chi connectivity index (χ0v) is 22.1. The second-order valence-corrected chi connectivity index (χ2v) is 11.2. The number of rotatable bonds is 8. The highest BCUT2D eigenvalue weighted by Crippen LogP contribution is 2.26. The Morgan fingerprint density at radius 1 is 1.08 bits per heavy atom. The number of carbonyl (C=O) groups excluding carboxylic acids is 1. The molecule has 36 heavy (non-hydrogen) atoms. The van der Waals surface area contributed by atoms with E-state index in [9.17, 15) is 13.2 Å². The van der Waals surface area contributed by atoms with E-state index in [1.165, 1.54) is 4.31 Å². The van der Waals surface area contributed by atoms with Crippen LogP contribution in [0.3, 0.4) is 0 Å². The third-order valence-corrected chi connectivity index (χ3v) is 8.43. The predicted molar refractivity (Wildman–Crippen MR) is 138 cm³/mol. The van der Waals surface area contributed by atoms with E-state index in [0.717, 1.165) is 11.1 Å². The summed E-state index contributed by atoms with van der Waals surface area (Å²) < 4.78 is 47.0. The van der Waals surface area contributed by atoms with Crippen molar-refractivity contribution >= 4 is 21.8 Å². The first-order valence-corrected chi connectivity index (χ1v) is 13.6. The van der Waals surface area contributed by atoms with Gasteiger partial charge in [0.15, 0.2) is 0 Å². The van der Waals surface area contributed by atoms with E-state index >= 15 is 0 Å². The molecule has 1 amide bonds. The molecule has 2 atom stereocenters. The van der Waals surface area contributed by atoms with Crippen LogP contribution < -0.4 is 9.46 Å². The average Bonchev–Trinajstić information content (AvgIpc) is 3.27. The van der Waals surface area contributed by atoms with Crippen molar-refractivity contribution in [2.45, 2.75) is 44.9 Å². The number of nitrogens with zero attached hydrogens (tertiary/aromatic N) is 2. The number of amides is 1. The molecule has 2 saturated heterocycles. The zero-order chi connectivity index (χ0) is 25.9. The summed E-state index contributed by atoms with van der Waals surface area (Å²) in [6.07, 6.45) is 0.635. The van der Waals surface area contributed by atoms with Gasteiger partial charge in [0.1, 0.15) is 18.0 Å². The Balaban J connectivity index is 1.43. The van der Waals surface area contributed by atoms with Gasteiger partial charge in [-0.05, 0) is 50.5 Å². The highest BCUT2D eigenvalue weighted by molar-refractivity contribution is 7.90. The number of methoxy groups -OCH3 is 1. The molecule has 9 nitrogen and oxygen atoms in total. The minimum atomic E-state index is -3.74.